The maximum atomic E-state index is 11.5. The lowest BCUT2D eigenvalue weighted by Crippen LogP contribution is -2.33. The second-order valence-corrected chi connectivity index (χ2v) is 4.08. The van der Waals surface area contributed by atoms with Crippen LogP contribution in [-0.4, -0.2) is 30.9 Å². The minimum atomic E-state index is -0.835. The Hall–Kier alpha value is -1.84. The van der Waals surface area contributed by atoms with Crippen LogP contribution in [0.5, 0.6) is 0 Å². The van der Waals surface area contributed by atoms with Crippen LogP contribution >= 0.6 is 0 Å². The Bertz CT molecular complexity index is 440. The Morgan fingerprint density at radius 1 is 1.29 bits per heavy atom. The van der Waals surface area contributed by atoms with E-state index >= 15 is 0 Å². The van der Waals surface area contributed by atoms with Crippen LogP contribution in [0.3, 0.4) is 0 Å². The van der Waals surface area contributed by atoms with Crippen LogP contribution in [0.15, 0.2) is 18.2 Å². The van der Waals surface area contributed by atoms with Gasteiger partial charge in [-0.3, -0.25) is 4.79 Å². The third-order valence-electron chi connectivity index (χ3n) is 2.62. The summed E-state index contributed by atoms with van der Waals surface area (Å²) in [4.78, 5) is 24.0. The molecule has 0 N–H and O–H groups in total. The molecule has 0 saturated carbocycles. The number of hydrogen-bond acceptors (Lipinski definition) is 3. The van der Waals surface area contributed by atoms with Gasteiger partial charge in [0.05, 0.1) is 7.11 Å². The van der Waals surface area contributed by atoms with E-state index in [0.29, 0.717) is 6.54 Å². The lowest BCUT2D eigenvalue weighted by atomic mass is 10.1. The second kappa shape index (κ2) is 5.48. The summed E-state index contributed by atoms with van der Waals surface area (Å²) in [6, 6.07) is 6.03. The molecular weight excluding hydrogens is 218 g/mol. The number of esters is 1. The van der Waals surface area contributed by atoms with Crippen molar-refractivity contribution in [1.29, 1.82) is 0 Å². The highest BCUT2D eigenvalue weighted by molar-refractivity contribution is 6.32. The highest BCUT2D eigenvalue weighted by Gasteiger charge is 2.19. The quantitative estimate of drug-likeness (QED) is 0.575. The Balaban J connectivity index is 2.80. The van der Waals surface area contributed by atoms with Gasteiger partial charge in [-0.2, -0.15) is 0 Å². The van der Waals surface area contributed by atoms with Crippen molar-refractivity contribution in [3.8, 4) is 0 Å². The van der Waals surface area contributed by atoms with E-state index in [1.165, 1.54) is 12.0 Å². The predicted octanol–water partition coefficient (Wildman–Crippen LogP) is 1.43. The number of carbonyl (C=O) groups is 2. The predicted molar refractivity (Wildman–Crippen MR) is 64.4 cm³/mol. The van der Waals surface area contributed by atoms with E-state index in [1.807, 2.05) is 32.0 Å². The lowest BCUT2D eigenvalue weighted by Gasteiger charge is -2.17. The standard InChI is InChI=1S/C13H17NO3/c1-9-5-6-10(2)11(7-9)8-14(3)12(15)13(16)17-4/h5-7H,8H2,1-4H3. The van der Waals surface area contributed by atoms with Gasteiger partial charge in [-0.05, 0) is 25.0 Å². The molecule has 0 aliphatic heterocycles. The van der Waals surface area contributed by atoms with Gasteiger partial charge in [-0.1, -0.05) is 23.8 Å². The average molecular weight is 235 g/mol. The number of rotatable bonds is 2. The van der Waals surface area contributed by atoms with Crippen molar-refractivity contribution in [2.24, 2.45) is 0 Å². The van der Waals surface area contributed by atoms with Crippen molar-refractivity contribution >= 4 is 11.9 Å². The monoisotopic (exact) mass is 235 g/mol. The maximum Gasteiger partial charge on any atom is 0.396 e. The first kappa shape index (κ1) is 13.2. The molecule has 1 rings (SSSR count). The molecule has 0 bridgehead atoms. The number of hydrogen-bond donors (Lipinski definition) is 0. The number of aryl methyl sites for hydroxylation is 2. The molecule has 1 aromatic carbocycles. The third kappa shape index (κ3) is 3.31. The summed E-state index contributed by atoms with van der Waals surface area (Å²) in [6.07, 6.45) is 0. The van der Waals surface area contributed by atoms with Gasteiger partial charge in [0.15, 0.2) is 0 Å². The Kier molecular flexibility index (Phi) is 4.26. The van der Waals surface area contributed by atoms with Crippen LogP contribution in [0.4, 0.5) is 0 Å². The van der Waals surface area contributed by atoms with Crippen LogP contribution in [0.2, 0.25) is 0 Å². The van der Waals surface area contributed by atoms with Crippen LogP contribution in [0.1, 0.15) is 16.7 Å². The fourth-order valence-electron chi connectivity index (χ4n) is 1.54. The Morgan fingerprint density at radius 3 is 2.53 bits per heavy atom. The van der Waals surface area contributed by atoms with Gasteiger partial charge < -0.3 is 9.64 Å². The van der Waals surface area contributed by atoms with Crippen LogP contribution < -0.4 is 0 Å². The highest BCUT2D eigenvalue weighted by atomic mass is 16.5. The maximum absolute atomic E-state index is 11.5. The molecule has 1 amide bonds. The van der Waals surface area contributed by atoms with Crippen molar-refractivity contribution in [3.63, 3.8) is 0 Å². The second-order valence-electron chi connectivity index (χ2n) is 4.08. The summed E-state index contributed by atoms with van der Waals surface area (Å²) in [5, 5.41) is 0. The summed E-state index contributed by atoms with van der Waals surface area (Å²) in [6.45, 7) is 4.37. The molecule has 0 fully saturated rings. The zero-order chi connectivity index (χ0) is 13.0. The number of likely N-dealkylation sites (N-methyl/N-ethyl adjacent to an activating group) is 1. The van der Waals surface area contributed by atoms with Gasteiger partial charge in [0.1, 0.15) is 0 Å². The molecular formula is C13H17NO3. The van der Waals surface area contributed by atoms with Crippen molar-refractivity contribution in [3.05, 3.63) is 34.9 Å². The smallest absolute Gasteiger partial charge is 0.396 e. The van der Waals surface area contributed by atoms with Crippen molar-refractivity contribution < 1.29 is 14.3 Å². The number of nitrogens with zero attached hydrogens (tertiary/aromatic N) is 1. The Morgan fingerprint density at radius 2 is 1.94 bits per heavy atom. The molecule has 0 unspecified atom stereocenters. The molecule has 92 valence electrons. The molecule has 0 atom stereocenters. The molecule has 0 aliphatic rings. The van der Waals surface area contributed by atoms with Crippen LogP contribution in [0.25, 0.3) is 0 Å². The van der Waals surface area contributed by atoms with Gasteiger partial charge in [0.2, 0.25) is 0 Å². The molecule has 0 radical (unpaired) electrons. The number of carbonyl (C=O) groups excluding carboxylic acids is 2. The van der Waals surface area contributed by atoms with E-state index in [-0.39, 0.29) is 0 Å². The van der Waals surface area contributed by atoms with Gasteiger partial charge in [0, 0.05) is 13.6 Å². The van der Waals surface area contributed by atoms with Crippen LogP contribution in [0, 0.1) is 13.8 Å². The molecule has 17 heavy (non-hydrogen) atoms. The van der Waals surface area contributed by atoms with Crippen molar-refractivity contribution in [1.82, 2.24) is 4.90 Å². The van der Waals surface area contributed by atoms with Crippen LogP contribution in [-0.2, 0) is 20.9 Å². The largest absolute Gasteiger partial charge is 0.462 e. The molecule has 1 aromatic rings. The van der Waals surface area contributed by atoms with Gasteiger partial charge in [-0.25, -0.2) is 4.79 Å². The molecule has 4 heteroatoms. The van der Waals surface area contributed by atoms with E-state index < -0.39 is 11.9 Å². The molecule has 0 heterocycles. The number of methoxy groups -OCH3 is 1. The van der Waals surface area contributed by atoms with E-state index in [0.717, 1.165) is 16.7 Å². The minimum Gasteiger partial charge on any atom is -0.462 e. The summed E-state index contributed by atoms with van der Waals surface area (Å²) in [7, 11) is 2.78. The number of amides is 1. The minimum absolute atomic E-state index is 0.404. The van der Waals surface area contributed by atoms with Gasteiger partial charge in [-0.15, -0.1) is 0 Å². The SMILES string of the molecule is COC(=O)C(=O)N(C)Cc1cc(C)ccc1C. The molecule has 0 aliphatic carbocycles. The zero-order valence-electron chi connectivity index (χ0n) is 10.6. The fraction of sp³-hybridized carbons (Fsp3) is 0.385. The molecule has 0 aromatic heterocycles. The van der Waals surface area contributed by atoms with E-state index in [9.17, 15) is 9.59 Å². The molecule has 4 nitrogen and oxygen atoms in total. The van der Waals surface area contributed by atoms with E-state index in [4.69, 9.17) is 0 Å². The molecule has 0 spiro atoms. The van der Waals surface area contributed by atoms with Crippen molar-refractivity contribution in [2.45, 2.75) is 20.4 Å². The average Bonchev–Trinajstić information content (AvgIpc) is 2.31. The third-order valence-corrected chi connectivity index (χ3v) is 2.62. The Labute approximate surface area is 101 Å². The first-order valence-corrected chi connectivity index (χ1v) is 5.35. The highest BCUT2D eigenvalue weighted by Crippen LogP contribution is 2.12. The van der Waals surface area contributed by atoms with E-state index in [2.05, 4.69) is 4.74 Å². The zero-order valence-corrected chi connectivity index (χ0v) is 10.6. The normalized spacial score (nSPS) is 9.88. The van der Waals surface area contributed by atoms with Gasteiger partial charge in [0.25, 0.3) is 0 Å². The summed E-state index contributed by atoms with van der Waals surface area (Å²) in [5.41, 5.74) is 3.26. The first-order valence-electron chi connectivity index (χ1n) is 5.35. The topological polar surface area (TPSA) is 46.6 Å². The summed E-state index contributed by atoms with van der Waals surface area (Å²) >= 11 is 0. The van der Waals surface area contributed by atoms with E-state index in [1.54, 1.807) is 7.05 Å². The lowest BCUT2D eigenvalue weighted by molar-refractivity contribution is -0.157. The molecule has 0 saturated heterocycles. The van der Waals surface area contributed by atoms with Gasteiger partial charge >= 0.3 is 11.9 Å². The number of ether oxygens (including phenoxy) is 1. The summed E-state index contributed by atoms with van der Waals surface area (Å²) in [5.74, 6) is -1.47. The van der Waals surface area contributed by atoms with Crippen molar-refractivity contribution in [2.75, 3.05) is 14.2 Å². The first-order chi connectivity index (χ1) is 7.95. The fourth-order valence-corrected chi connectivity index (χ4v) is 1.54. The number of benzene rings is 1. The summed E-state index contributed by atoms with van der Waals surface area (Å²) < 4.78 is 4.39.